The molecule has 0 bridgehead atoms. The minimum absolute atomic E-state index is 0.129. The molecule has 1 aromatic rings. The molecule has 7 nitrogen and oxygen atoms in total. The number of ether oxygens (including phenoxy) is 3. The molecule has 1 aromatic carbocycles. The van der Waals surface area contributed by atoms with Crippen LogP contribution in [-0.4, -0.2) is 43.3 Å². The molecule has 0 radical (unpaired) electrons. The summed E-state index contributed by atoms with van der Waals surface area (Å²) in [6.45, 7) is 0.867. The van der Waals surface area contributed by atoms with Crippen molar-refractivity contribution in [1.29, 1.82) is 5.26 Å². The lowest BCUT2D eigenvalue weighted by Gasteiger charge is -2.31. The first kappa shape index (κ1) is 20.2. The van der Waals surface area contributed by atoms with Crippen LogP contribution in [-0.2, 0) is 14.3 Å². The highest BCUT2D eigenvalue weighted by Gasteiger charge is 2.33. The first-order valence-electron chi connectivity index (χ1n) is 9.84. The van der Waals surface area contributed by atoms with Crippen molar-refractivity contribution < 1.29 is 23.8 Å². The van der Waals surface area contributed by atoms with Crippen molar-refractivity contribution in [2.24, 2.45) is 0 Å². The molecule has 7 heteroatoms. The number of benzene rings is 1. The Labute approximate surface area is 164 Å². The van der Waals surface area contributed by atoms with E-state index in [-0.39, 0.29) is 6.10 Å². The zero-order valence-electron chi connectivity index (χ0n) is 15.9. The lowest BCUT2D eigenvalue weighted by Crippen LogP contribution is -2.50. The number of nitrogens with one attached hydrogen (secondary N) is 1. The van der Waals surface area contributed by atoms with Crippen LogP contribution in [0.1, 0.15) is 55.3 Å². The van der Waals surface area contributed by atoms with Crippen LogP contribution < -0.4 is 10.1 Å². The second-order valence-electron chi connectivity index (χ2n) is 7.35. The molecular formula is C21H26N2O5. The van der Waals surface area contributed by atoms with E-state index >= 15 is 0 Å². The van der Waals surface area contributed by atoms with Gasteiger partial charge in [0.2, 0.25) is 0 Å². The van der Waals surface area contributed by atoms with E-state index < -0.39 is 24.0 Å². The third-order valence-electron chi connectivity index (χ3n) is 5.18. The first-order valence-corrected chi connectivity index (χ1v) is 9.84. The molecule has 28 heavy (non-hydrogen) atoms. The second kappa shape index (κ2) is 9.56. The Morgan fingerprint density at radius 1 is 1.18 bits per heavy atom. The van der Waals surface area contributed by atoms with E-state index in [0.29, 0.717) is 30.8 Å². The molecule has 1 heterocycles. The Morgan fingerprint density at radius 2 is 1.93 bits per heavy atom. The number of nitrogens with zero attached hydrogens (tertiary/aromatic N) is 1. The Bertz CT molecular complexity index is 713. The number of carbonyl (C=O) groups is 2. The Kier molecular flexibility index (Phi) is 6.88. The monoisotopic (exact) mass is 386 g/mol. The van der Waals surface area contributed by atoms with Crippen molar-refractivity contribution >= 4 is 11.9 Å². The maximum atomic E-state index is 12.1. The van der Waals surface area contributed by atoms with Crippen molar-refractivity contribution in [2.45, 2.75) is 56.6 Å². The van der Waals surface area contributed by atoms with Crippen LogP contribution in [0.3, 0.4) is 0 Å². The van der Waals surface area contributed by atoms with Gasteiger partial charge in [0.25, 0.3) is 5.91 Å². The number of amides is 1. The highest BCUT2D eigenvalue weighted by molar-refractivity contribution is 5.91. The minimum atomic E-state index is -0.830. The maximum Gasteiger partial charge on any atom is 0.338 e. The molecule has 1 atom stereocenters. The summed E-state index contributed by atoms with van der Waals surface area (Å²) in [7, 11) is 0. The number of hydrogen-bond donors (Lipinski definition) is 1. The van der Waals surface area contributed by atoms with Gasteiger partial charge in [-0.15, -0.1) is 0 Å². The van der Waals surface area contributed by atoms with E-state index in [0.717, 1.165) is 38.7 Å². The fraction of sp³-hybridized carbons (Fsp3) is 0.571. The van der Waals surface area contributed by atoms with Crippen molar-refractivity contribution in [3.63, 3.8) is 0 Å². The maximum absolute atomic E-state index is 12.1. The number of hydrogen-bond acceptors (Lipinski definition) is 6. The Hall–Kier alpha value is -2.59. The third-order valence-corrected chi connectivity index (χ3v) is 5.18. The zero-order chi connectivity index (χ0) is 19.8. The normalized spacial score (nSPS) is 20.8. The standard InChI is InChI=1S/C21H26N2O5/c22-15-21(10-2-1-3-11-21)23-19(24)14-28-20(25)16-6-8-17(9-7-16)27-13-18-5-4-12-26-18/h6-9,18H,1-5,10-14H2,(H,23,24)/t18-/m1/s1. The smallest absolute Gasteiger partial charge is 0.338 e. The lowest BCUT2D eigenvalue weighted by atomic mass is 9.83. The van der Waals surface area contributed by atoms with Crippen LogP contribution in [0, 0.1) is 11.3 Å². The molecule has 1 saturated heterocycles. The van der Waals surface area contributed by atoms with Crippen LogP contribution in [0.5, 0.6) is 5.75 Å². The number of rotatable bonds is 7. The van der Waals surface area contributed by atoms with Crippen molar-refractivity contribution in [2.75, 3.05) is 19.8 Å². The van der Waals surface area contributed by atoms with Crippen LogP contribution in [0.15, 0.2) is 24.3 Å². The van der Waals surface area contributed by atoms with Gasteiger partial charge in [0.05, 0.1) is 17.7 Å². The Morgan fingerprint density at radius 3 is 2.57 bits per heavy atom. The summed E-state index contributed by atoms with van der Waals surface area (Å²) in [5, 5.41) is 12.1. The molecular weight excluding hydrogens is 360 g/mol. The molecule has 2 aliphatic rings. The summed E-state index contributed by atoms with van der Waals surface area (Å²) >= 11 is 0. The van der Waals surface area contributed by atoms with Gasteiger partial charge in [-0.25, -0.2) is 4.79 Å². The Balaban J connectivity index is 1.43. The van der Waals surface area contributed by atoms with E-state index in [1.165, 1.54) is 0 Å². The van der Waals surface area contributed by atoms with Crippen LogP contribution in [0.2, 0.25) is 0 Å². The SMILES string of the molecule is N#CC1(NC(=O)COC(=O)c2ccc(OC[C@H]3CCCO3)cc2)CCCCC1. The molecule has 0 spiro atoms. The van der Waals surface area contributed by atoms with Crippen LogP contribution in [0.4, 0.5) is 0 Å². The van der Waals surface area contributed by atoms with Gasteiger partial charge < -0.3 is 19.5 Å². The van der Waals surface area contributed by atoms with Crippen LogP contribution in [0.25, 0.3) is 0 Å². The number of carbonyl (C=O) groups excluding carboxylic acids is 2. The van der Waals surface area contributed by atoms with Gasteiger partial charge in [0, 0.05) is 6.61 Å². The predicted molar refractivity (Wildman–Crippen MR) is 101 cm³/mol. The summed E-state index contributed by atoms with van der Waals surface area (Å²) in [6.07, 6.45) is 6.35. The average molecular weight is 386 g/mol. The van der Waals surface area contributed by atoms with E-state index in [1.54, 1.807) is 24.3 Å². The zero-order valence-corrected chi connectivity index (χ0v) is 15.9. The van der Waals surface area contributed by atoms with Crippen molar-refractivity contribution in [3.05, 3.63) is 29.8 Å². The fourth-order valence-corrected chi connectivity index (χ4v) is 3.59. The summed E-state index contributed by atoms with van der Waals surface area (Å²) in [4.78, 5) is 24.2. The third kappa shape index (κ3) is 5.46. The molecule has 1 saturated carbocycles. The molecule has 0 unspecified atom stereocenters. The summed E-state index contributed by atoms with van der Waals surface area (Å²) < 4.78 is 16.2. The van der Waals surface area contributed by atoms with Crippen LogP contribution >= 0.6 is 0 Å². The van der Waals surface area contributed by atoms with E-state index in [2.05, 4.69) is 11.4 Å². The number of esters is 1. The molecule has 3 rings (SSSR count). The van der Waals surface area contributed by atoms with Gasteiger partial charge in [0.1, 0.15) is 17.9 Å². The highest BCUT2D eigenvalue weighted by Crippen LogP contribution is 2.27. The largest absolute Gasteiger partial charge is 0.491 e. The van der Waals surface area contributed by atoms with E-state index in [4.69, 9.17) is 14.2 Å². The van der Waals surface area contributed by atoms with E-state index in [9.17, 15) is 14.9 Å². The van der Waals surface area contributed by atoms with E-state index in [1.807, 2.05) is 0 Å². The molecule has 1 aliphatic heterocycles. The highest BCUT2D eigenvalue weighted by atomic mass is 16.5. The summed E-state index contributed by atoms with van der Waals surface area (Å²) in [6, 6.07) is 8.80. The second-order valence-corrected chi connectivity index (χ2v) is 7.35. The topological polar surface area (TPSA) is 97.7 Å². The molecule has 1 aliphatic carbocycles. The molecule has 1 N–H and O–H groups in total. The quantitative estimate of drug-likeness (QED) is 0.724. The molecule has 150 valence electrons. The van der Waals surface area contributed by atoms with Gasteiger partial charge >= 0.3 is 5.97 Å². The van der Waals surface area contributed by atoms with Gasteiger partial charge in [0.15, 0.2) is 6.61 Å². The van der Waals surface area contributed by atoms with Gasteiger partial charge in [-0.2, -0.15) is 5.26 Å². The van der Waals surface area contributed by atoms with Gasteiger partial charge in [-0.05, 0) is 49.9 Å². The lowest BCUT2D eigenvalue weighted by molar-refractivity contribution is -0.125. The van der Waals surface area contributed by atoms with Gasteiger partial charge in [-0.1, -0.05) is 19.3 Å². The van der Waals surface area contributed by atoms with Crippen molar-refractivity contribution in [1.82, 2.24) is 5.32 Å². The number of nitriles is 1. The average Bonchev–Trinajstić information content (AvgIpc) is 3.25. The first-order chi connectivity index (χ1) is 13.6. The molecule has 0 aromatic heterocycles. The van der Waals surface area contributed by atoms with Gasteiger partial charge in [-0.3, -0.25) is 4.79 Å². The predicted octanol–water partition coefficient (Wildman–Crippen LogP) is 2.74. The molecule has 2 fully saturated rings. The summed E-state index contributed by atoms with van der Waals surface area (Å²) in [5.41, 5.74) is -0.492. The molecule has 1 amide bonds. The summed E-state index contributed by atoms with van der Waals surface area (Å²) in [5.74, 6) is -0.387. The van der Waals surface area contributed by atoms with Crippen molar-refractivity contribution in [3.8, 4) is 11.8 Å². The fourth-order valence-electron chi connectivity index (χ4n) is 3.59. The minimum Gasteiger partial charge on any atom is -0.491 e.